The van der Waals surface area contributed by atoms with E-state index in [0.29, 0.717) is 12.1 Å². The first-order valence-electron chi connectivity index (χ1n) is 4.81. The molecule has 1 aromatic carbocycles. The molecule has 3 nitrogen and oxygen atoms in total. The normalized spacial score (nSPS) is 12.9. The first-order valence-corrected chi connectivity index (χ1v) is 4.81. The van der Waals surface area contributed by atoms with Crippen molar-refractivity contribution in [3.05, 3.63) is 41.7 Å². The molecule has 0 saturated carbocycles. The van der Waals surface area contributed by atoms with Crippen LogP contribution in [0.3, 0.4) is 0 Å². The Hall–Kier alpha value is -1.84. The summed E-state index contributed by atoms with van der Waals surface area (Å²) in [7, 11) is 0. The van der Waals surface area contributed by atoms with Crippen molar-refractivity contribution in [1.82, 2.24) is 9.55 Å². The maximum atomic E-state index is 13.3. The Balaban J connectivity index is 2.28. The summed E-state index contributed by atoms with van der Waals surface area (Å²) in [6.45, 7) is 2.45. The summed E-state index contributed by atoms with van der Waals surface area (Å²) < 4.78 is 15.3. The number of benzene rings is 1. The van der Waals surface area contributed by atoms with E-state index in [4.69, 9.17) is 0 Å². The third kappa shape index (κ3) is 1.14. The molecule has 1 aromatic heterocycles. The van der Waals surface area contributed by atoms with Gasteiger partial charge in [-0.25, -0.2) is 9.37 Å². The van der Waals surface area contributed by atoms with Crippen LogP contribution in [0.1, 0.15) is 11.3 Å². The smallest absolute Gasteiger partial charge is 0.128 e. The van der Waals surface area contributed by atoms with E-state index in [1.54, 1.807) is 13.3 Å². The lowest BCUT2D eigenvalue weighted by atomic mass is 10.1. The van der Waals surface area contributed by atoms with Crippen LogP contribution in [0, 0.1) is 12.7 Å². The molecule has 0 unspecified atom stereocenters. The Labute approximate surface area is 86.6 Å². The predicted octanol–water partition coefficient (Wildman–Crippen LogP) is 2.25. The molecule has 0 bridgehead atoms. The lowest BCUT2D eigenvalue weighted by Crippen LogP contribution is -2.14. The number of hydrogen-bond acceptors (Lipinski definition) is 2. The van der Waals surface area contributed by atoms with Gasteiger partial charge in [-0.05, 0) is 24.6 Å². The van der Waals surface area contributed by atoms with Gasteiger partial charge >= 0.3 is 0 Å². The molecule has 2 heterocycles. The van der Waals surface area contributed by atoms with Gasteiger partial charge < -0.3 is 5.32 Å². The lowest BCUT2D eigenvalue weighted by Gasteiger charge is -2.21. The highest BCUT2D eigenvalue weighted by atomic mass is 19.1. The van der Waals surface area contributed by atoms with Gasteiger partial charge in [-0.15, -0.1) is 0 Å². The molecular weight excluding hydrogens is 193 g/mol. The summed E-state index contributed by atoms with van der Waals surface area (Å²) >= 11 is 0. The van der Waals surface area contributed by atoms with Gasteiger partial charge in [-0.2, -0.15) is 0 Å². The molecular formula is C11H10FN3. The standard InChI is InChI=1S/C11H10FN3/c1-7-2-11-10(3-9(7)12)14-5-8-4-13-6-15(8)11/h2-4,6,14H,5H2,1H3. The second kappa shape index (κ2) is 2.82. The summed E-state index contributed by atoms with van der Waals surface area (Å²) in [5.41, 5.74) is 3.53. The molecule has 1 N–H and O–H groups in total. The molecule has 0 saturated heterocycles. The Morgan fingerprint density at radius 1 is 1.47 bits per heavy atom. The summed E-state index contributed by atoms with van der Waals surface area (Å²) in [5, 5.41) is 3.17. The zero-order valence-corrected chi connectivity index (χ0v) is 8.29. The highest BCUT2D eigenvalue weighted by Crippen LogP contribution is 2.29. The zero-order chi connectivity index (χ0) is 10.4. The van der Waals surface area contributed by atoms with Gasteiger partial charge in [0.25, 0.3) is 0 Å². The van der Waals surface area contributed by atoms with Crippen molar-refractivity contribution < 1.29 is 4.39 Å². The van der Waals surface area contributed by atoms with Crippen molar-refractivity contribution in [3.8, 4) is 5.69 Å². The van der Waals surface area contributed by atoms with E-state index in [9.17, 15) is 4.39 Å². The topological polar surface area (TPSA) is 29.9 Å². The molecule has 0 atom stereocenters. The monoisotopic (exact) mass is 203 g/mol. The van der Waals surface area contributed by atoms with Gasteiger partial charge in [0.05, 0.1) is 36.1 Å². The Morgan fingerprint density at radius 3 is 3.20 bits per heavy atom. The number of hydrogen-bond donors (Lipinski definition) is 1. The van der Waals surface area contributed by atoms with Crippen molar-refractivity contribution in [2.45, 2.75) is 13.5 Å². The second-order valence-corrected chi connectivity index (χ2v) is 3.73. The molecule has 76 valence electrons. The van der Waals surface area contributed by atoms with E-state index < -0.39 is 0 Å². The van der Waals surface area contributed by atoms with Gasteiger partial charge in [-0.1, -0.05) is 0 Å². The van der Waals surface area contributed by atoms with Gasteiger partial charge in [0, 0.05) is 0 Å². The Morgan fingerprint density at radius 2 is 2.33 bits per heavy atom. The van der Waals surface area contributed by atoms with Gasteiger partial charge in [0.15, 0.2) is 0 Å². The highest BCUT2D eigenvalue weighted by Gasteiger charge is 2.16. The molecule has 0 amide bonds. The molecule has 0 radical (unpaired) electrons. The van der Waals surface area contributed by atoms with Crippen LogP contribution in [0.15, 0.2) is 24.7 Å². The number of rotatable bonds is 0. The minimum Gasteiger partial charge on any atom is -0.378 e. The van der Waals surface area contributed by atoms with Crippen LogP contribution in [0.4, 0.5) is 10.1 Å². The number of aromatic nitrogens is 2. The SMILES string of the molecule is Cc1cc2c(cc1F)NCc1cncn1-2. The largest absolute Gasteiger partial charge is 0.378 e. The number of imidazole rings is 1. The van der Waals surface area contributed by atoms with Crippen molar-refractivity contribution >= 4 is 5.69 Å². The first kappa shape index (κ1) is 8.47. The molecule has 0 aliphatic carbocycles. The van der Waals surface area contributed by atoms with E-state index in [-0.39, 0.29) is 5.82 Å². The van der Waals surface area contributed by atoms with Crippen LogP contribution in [0.5, 0.6) is 0 Å². The van der Waals surface area contributed by atoms with E-state index in [1.807, 2.05) is 16.8 Å². The molecule has 0 fully saturated rings. The fraction of sp³-hybridized carbons (Fsp3) is 0.182. The van der Waals surface area contributed by atoms with Crippen molar-refractivity contribution in [3.63, 3.8) is 0 Å². The second-order valence-electron chi connectivity index (χ2n) is 3.73. The maximum absolute atomic E-state index is 13.3. The third-order valence-electron chi connectivity index (χ3n) is 2.71. The van der Waals surface area contributed by atoms with Crippen LogP contribution >= 0.6 is 0 Å². The summed E-state index contributed by atoms with van der Waals surface area (Å²) in [4.78, 5) is 4.08. The van der Waals surface area contributed by atoms with Crippen LogP contribution < -0.4 is 5.32 Å². The minimum atomic E-state index is -0.176. The molecule has 1 aliphatic rings. The van der Waals surface area contributed by atoms with Crippen molar-refractivity contribution in [1.29, 1.82) is 0 Å². The van der Waals surface area contributed by atoms with Crippen molar-refractivity contribution in [2.75, 3.05) is 5.32 Å². The van der Waals surface area contributed by atoms with Crippen LogP contribution in [0.2, 0.25) is 0 Å². The van der Waals surface area contributed by atoms with Crippen LogP contribution in [0.25, 0.3) is 5.69 Å². The van der Waals surface area contributed by atoms with Crippen LogP contribution in [-0.4, -0.2) is 9.55 Å². The number of anilines is 1. The summed E-state index contributed by atoms with van der Waals surface area (Å²) in [6.07, 6.45) is 3.57. The highest BCUT2D eigenvalue weighted by molar-refractivity contribution is 5.65. The molecule has 0 spiro atoms. The number of nitrogens with zero attached hydrogens (tertiary/aromatic N) is 2. The fourth-order valence-corrected chi connectivity index (χ4v) is 1.86. The molecule has 4 heteroatoms. The number of aryl methyl sites for hydroxylation is 1. The van der Waals surface area contributed by atoms with Crippen LogP contribution in [-0.2, 0) is 6.54 Å². The quantitative estimate of drug-likeness (QED) is 0.711. The lowest BCUT2D eigenvalue weighted by molar-refractivity contribution is 0.617. The first-order chi connectivity index (χ1) is 7.25. The molecule has 15 heavy (non-hydrogen) atoms. The number of halogens is 1. The van der Waals surface area contributed by atoms with E-state index in [2.05, 4.69) is 10.3 Å². The summed E-state index contributed by atoms with van der Waals surface area (Å²) in [5.74, 6) is -0.176. The molecule has 2 aromatic rings. The van der Waals surface area contributed by atoms with Gasteiger partial charge in [-0.3, -0.25) is 4.57 Å². The predicted molar refractivity (Wildman–Crippen MR) is 55.6 cm³/mol. The zero-order valence-electron chi connectivity index (χ0n) is 8.29. The van der Waals surface area contributed by atoms with Gasteiger partial charge in [0.2, 0.25) is 0 Å². The molecule has 3 rings (SSSR count). The number of nitrogens with one attached hydrogen (secondary N) is 1. The van der Waals surface area contributed by atoms with Gasteiger partial charge in [0.1, 0.15) is 5.82 Å². The molecule has 1 aliphatic heterocycles. The Bertz CT molecular complexity index is 531. The van der Waals surface area contributed by atoms with E-state index >= 15 is 0 Å². The fourth-order valence-electron chi connectivity index (χ4n) is 1.86. The van der Waals surface area contributed by atoms with Crippen molar-refractivity contribution in [2.24, 2.45) is 0 Å². The Kier molecular flexibility index (Phi) is 1.59. The average molecular weight is 203 g/mol. The minimum absolute atomic E-state index is 0.176. The third-order valence-corrected chi connectivity index (χ3v) is 2.71. The van der Waals surface area contributed by atoms with E-state index in [1.165, 1.54) is 6.07 Å². The summed E-state index contributed by atoms with van der Waals surface area (Å²) in [6, 6.07) is 3.37. The number of fused-ring (bicyclic) bond motifs is 3. The maximum Gasteiger partial charge on any atom is 0.128 e. The van der Waals surface area contributed by atoms with E-state index in [0.717, 1.165) is 17.1 Å². The average Bonchev–Trinajstić information content (AvgIpc) is 2.68.